The zero-order valence-corrected chi connectivity index (χ0v) is 25.0. The van der Waals surface area contributed by atoms with Crippen LogP contribution in [-0.2, 0) is 11.3 Å². The Morgan fingerprint density at radius 1 is 0.976 bits per heavy atom. The highest BCUT2D eigenvalue weighted by Gasteiger charge is 2.26. The Bertz CT molecular complexity index is 1570. The molecule has 0 atom stereocenters. The zero-order valence-electron chi connectivity index (χ0n) is 25.0. The first-order valence-electron chi connectivity index (χ1n) is 13.9. The van der Waals surface area contributed by atoms with E-state index in [0.29, 0.717) is 22.8 Å². The lowest BCUT2D eigenvalue weighted by Crippen LogP contribution is -2.43. The molecule has 0 spiro atoms. The average Bonchev–Trinajstić information content (AvgIpc) is 3.30. The van der Waals surface area contributed by atoms with Crippen molar-refractivity contribution in [3.63, 3.8) is 0 Å². The monoisotopic (exact) mass is 557 g/mol. The van der Waals surface area contributed by atoms with Gasteiger partial charge in [0, 0.05) is 43.7 Å². The Morgan fingerprint density at radius 2 is 1.66 bits per heavy atom. The van der Waals surface area contributed by atoms with Gasteiger partial charge in [-0.25, -0.2) is 9.36 Å². The summed E-state index contributed by atoms with van der Waals surface area (Å²) in [6, 6.07) is 13.8. The van der Waals surface area contributed by atoms with Gasteiger partial charge in [-0.05, 0) is 88.7 Å². The normalized spacial score (nSPS) is 14.9. The Morgan fingerprint density at radius 3 is 2.29 bits per heavy atom. The Labute approximate surface area is 241 Å². The number of aryl methyl sites for hydroxylation is 2. The number of rotatable bonds is 5. The highest BCUT2D eigenvalue weighted by atomic mass is 16.6. The summed E-state index contributed by atoms with van der Waals surface area (Å²) in [7, 11) is 3.69. The fourth-order valence-corrected chi connectivity index (χ4v) is 5.27. The molecule has 0 bridgehead atoms. The number of hydrogen-bond acceptors (Lipinski definition) is 8. The molecule has 1 aliphatic rings. The summed E-state index contributed by atoms with van der Waals surface area (Å²) in [5, 5.41) is 20.0. The lowest BCUT2D eigenvalue weighted by Gasteiger charge is -2.32. The van der Waals surface area contributed by atoms with E-state index >= 15 is 0 Å². The molecule has 216 valence electrons. The van der Waals surface area contributed by atoms with Crippen LogP contribution in [0, 0.1) is 13.8 Å². The van der Waals surface area contributed by atoms with Gasteiger partial charge in [0.2, 0.25) is 5.88 Å². The topological polar surface area (TPSA) is 93.0 Å². The molecule has 41 heavy (non-hydrogen) atoms. The van der Waals surface area contributed by atoms with Gasteiger partial charge in [-0.15, -0.1) is 10.2 Å². The van der Waals surface area contributed by atoms with Crippen molar-refractivity contribution >= 4 is 17.0 Å². The second-order valence-corrected chi connectivity index (χ2v) is 11.9. The predicted octanol–water partition coefficient (Wildman–Crippen LogP) is 5.63. The van der Waals surface area contributed by atoms with Crippen LogP contribution in [0.5, 0.6) is 11.6 Å². The Kier molecular flexibility index (Phi) is 7.76. The van der Waals surface area contributed by atoms with Gasteiger partial charge >= 0.3 is 6.09 Å². The summed E-state index contributed by atoms with van der Waals surface area (Å²) in [5.41, 5.74) is 5.33. The molecule has 5 rings (SSSR count). The molecule has 4 aromatic rings. The molecule has 0 aliphatic carbocycles. The molecule has 0 unspecified atom stereocenters. The van der Waals surface area contributed by atoms with Crippen LogP contribution in [0.25, 0.3) is 33.4 Å². The number of aromatic nitrogens is 3. The summed E-state index contributed by atoms with van der Waals surface area (Å²) in [4.78, 5) is 18.5. The second-order valence-electron chi connectivity index (χ2n) is 11.9. The van der Waals surface area contributed by atoms with E-state index in [-0.39, 0.29) is 5.75 Å². The van der Waals surface area contributed by atoms with Crippen LogP contribution in [-0.4, -0.2) is 81.7 Å². The summed E-state index contributed by atoms with van der Waals surface area (Å²) < 4.78 is 13.1. The zero-order chi connectivity index (χ0) is 29.5. The quantitative estimate of drug-likeness (QED) is 0.338. The van der Waals surface area contributed by atoms with Crippen molar-refractivity contribution in [2.24, 2.45) is 0 Å². The minimum atomic E-state index is -0.685. The SMILES string of the molecule is COc1nnc(-c2cc(C)c(O)c(C)c2)cc1-c1cc2ccc(CN3CCN(C)CC3)cc2n1C(=O)OC(C)(C)C. The van der Waals surface area contributed by atoms with E-state index in [4.69, 9.17) is 9.47 Å². The number of hydrogen-bond donors (Lipinski definition) is 1. The van der Waals surface area contributed by atoms with Crippen LogP contribution in [0.4, 0.5) is 4.79 Å². The number of carbonyl (C=O) groups is 1. The van der Waals surface area contributed by atoms with Gasteiger partial charge in [0.25, 0.3) is 0 Å². The van der Waals surface area contributed by atoms with Gasteiger partial charge in [0.15, 0.2) is 0 Å². The van der Waals surface area contributed by atoms with Crippen molar-refractivity contribution in [3.05, 3.63) is 59.2 Å². The average molecular weight is 558 g/mol. The van der Waals surface area contributed by atoms with E-state index in [1.165, 1.54) is 7.11 Å². The summed E-state index contributed by atoms with van der Waals surface area (Å²) in [6.07, 6.45) is -0.476. The standard InChI is InChI=1S/C32H39N5O4/c1-20-14-24(15-21(2)29(20)38)26-18-25(30(40-7)34-33-26)28-17-23-9-8-22(19-36-12-10-35(6)11-13-36)16-27(23)37(28)31(39)41-32(3,4)5/h8-9,14-18,38H,10-13,19H2,1-7H3. The predicted molar refractivity (Wildman–Crippen MR) is 160 cm³/mol. The van der Waals surface area contributed by atoms with E-state index in [0.717, 1.165) is 65.9 Å². The third-order valence-corrected chi connectivity index (χ3v) is 7.46. The number of aromatic hydroxyl groups is 1. The van der Waals surface area contributed by atoms with Crippen LogP contribution in [0.3, 0.4) is 0 Å². The maximum Gasteiger partial charge on any atom is 0.419 e. The molecule has 2 aromatic heterocycles. The summed E-state index contributed by atoms with van der Waals surface area (Å²) >= 11 is 0. The number of piperazine rings is 1. The number of methoxy groups -OCH3 is 1. The fraction of sp³-hybridized carbons (Fsp3) is 0.406. The largest absolute Gasteiger partial charge is 0.507 e. The number of phenolic OH excluding ortho intramolecular Hbond substituents is 1. The van der Waals surface area contributed by atoms with Crippen molar-refractivity contribution in [3.8, 4) is 34.1 Å². The first kappa shape index (κ1) is 28.6. The van der Waals surface area contributed by atoms with Gasteiger partial charge in [-0.1, -0.05) is 12.1 Å². The molecule has 9 nitrogen and oxygen atoms in total. The van der Waals surface area contributed by atoms with Gasteiger partial charge in [-0.2, -0.15) is 0 Å². The minimum Gasteiger partial charge on any atom is -0.507 e. The van der Waals surface area contributed by atoms with Gasteiger partial charge in [-0.3, -0.25) is 4.90 Å². The van der Waals surface area contributed by atoms with Crippen molar-refractivity contribution < 1.29 is 19.4 Å². The first-order chi connectivity index (χ1) is 19.4. The lowest BCUT2D eigenvalue weighted by molar-refractivity contribution is 0.0547. The van der Waals surface area contributed by atoms with Crippen LogP contribution in [0.15, 0.2) is 42.5 Å². The third kappa shape index (κ3) is 6.06. The van der Waals surface area contributed by atoms with E-state index in [1.54, 1.807) is 4.57 Å². The van der Waals surface area contributed by atoms with E-state index in [1.807, 2.05) is 58.9 Å². The van der Waals surface area contributed by atoms with Crippen molar-refractivity contribution in [2.75, 3.05) is 40.3 Å². The number of ether oxygens (including phenoxy) is 2. The number of carbonyl (C=O) groups excluding carboxylic acids is 1. The molecule has 1 aliphatic heterocycles. The van der Waals surface area contributed by atoms with E-state index in [2.05, 4.69) is 45.2 Å². The molecular formula is C32H39N5O4. The Hall–Kier alpha value is -3.95. The molecule has 1 fully saturated rings. The molecule has 0 radical (unpaired) electrons. The molecular weight excluding hydrogens is 518 g/mol. The van der Waals surface area contributed by atoms with Gasteiger partial charge in [0.05, 0.1) is 29.6 Å². The van der Waals surface area contributed by atoms with Crippen molar-refractivity contribution in [2.45, 2.75) is 46.8 Å². The number of phenols is 1. The summed E-state index contributed by atoms with van der Waals surface area (Å²) in [6.45, 7) is 14.2. The van der Waals surface area contributed by atoms with E-state index < -0.39 is 11.7 Å². The van der Waals surface area contributed by atoms with Crippen molar-refractivity contribution in [1.29, 1.82) is 0 Å². The first-order valence-corrected chi connectivity index (χ1v) is 13.9. The van der Waals surface area contributed by atoms with Crippen LogP contribution in [0.2, 0.25) is 0 Å². The van der Waals surface area contributed by atoms with Crippen LogP contribution in [0.1, 0.15) is 37.5 Å². The van der Waals surface area contributed by atoms with Gasteiger partial charge < -0.3 is 19.5 Å². The summed E-state index contributed by atoms with van der Waals surface area (Å²) in [5.74, 6) is 0.555. The molecule has 0 saturated carbocycles. The Balaban J connectivity index is 1.65. The molecule has 0 amide bonds. The lowest BCUT2D eigenvalue weighted by atomic mass is 10.0. The second kappa shape index (κ2) is 11.1. The van der Waals surface area contributed by atoms with E-state index in [9.17, 15) is 9.90 Å². The molecule has 3 heterocycles. The maximum atomic E-state index is 13.8. The number of nitrogens with zero attached hydrogens (tertiary/aromatic N) is 5. The van der Waals surface area contributed by atoms with Crippen molar-refractivity contribution in [1.82, 2.24) is 24.6 Å². The minimum absolute atomic E-state index is 0.257. The highest BCUT2D eigenvalue weighted by molar-refractivity contribution is 5.97. The van der Waals surface area contributed by atoms with Crippen LogP contribution < -0.4 is 4.74 Å². The number of fused-ring (bicyclic) bond motifs is 1. The molecule has 1 saturated heterocycles. The number of likely N-dealkylation sites (N-methyl/N-ethyl adjacent to an activating group) is 1. The molecule has 1 N–H and O–H groups in total. The molecule has 9 heteroatoms. The molecule has 2 aromatic carbocycles. The van der Waals surface area contributed by atoms with Gasteiger partial charge in [0.1, 0.15) is 11.4 Å². The van der Waals surface area contributed by atoms with Crippen LogP contribution >= 0.6 is 0 Å². The number of benzene rings is 2. The smallest absolute Gasteiger partial charge is 0.419 e. The maximum absolute atomic E-state index is 13.8. The third-order valence-electron chi connectivity index (χ3n) is 7.46. The highest BCUT2D eigenvalue weighted by Crippen LogP contribution is 2.37. The fourth-order valence-electron chi connectivity index (χ4n) is 5.27.